The van der Waals surface area contributed by atoms with Crippen LogP contribution in [-0.2, 0) is 0 Å². The molecule has 27 heavy (non-hydrogen) atoms. The lowest BCUT2D eigenvalue weighted by Crippen LogP contribution is -2.49. The van der Waals surface area contributed by atoms with E-state index in [1.54, 1.807) is 9.42 Å². The maximum atomic E-state index is 13.7. The first-order valence-corrected chi connectivity index (χ1v) is 9.06. The fraction of sp³-hybridized carbons (Fsp3) is 0.294. The van der Waals surface area contributed by atoms with E-state index in [0.29, 0.717) is 32.0 Å². The van der Waals surface area contributed by atoms with Crippen molar-refractivity contribution in [1.29, 1.82) is 0 Å². The summed E-state index contributed by atoms with van der Waals surface area (Å²) < 4.78 is 15.4. The maximum Gasteiger partial charge on any atom is 0.255 e. The first kappa shape index (κ1) is 17.9. The number of nitrogens with zero attached hydrogens (tertiary/aromatic N) is 6. The highest BCUT2D eigenvalue weighted by Gasteiger charge is 2.26. The van der Waals surface area contributed by atoms with Gasteiger partial charge in [0, 0.05) is 37.9 Å². The van der Waals surface area contributed by atoms with Crippen LogP contribution in [-0.4, -0.2) is 56.6 Å². The van der Waals surface area contributed by atoms with Crippen LogP contribution >= 0.6 is 23.2 Å². The number of hydrogen-bond donors (Lipinski definition) is 0. The fourth-order valence-corrected chi connectivity index (χ4v) is 3.60. The molecule has 1 amide bonds. The van der Waals surface area contributed by atoms with Crippen LogP contribution in [0.5, 0.6) is 0 Å². The molecule has 0 unspecified atom stereocenters. The molecular weight excluding hydrogens is 394 g/mol. The number of amides is 1. The highest BCUT2D eigenvalue weighted by molar-refractivity contribution is 6.36. The van der Waals surface area contributed by atoms with Crippen LogP contribution in [0.3, 0.4) is 0 Å². The van der Waals surface area contributed by atoms with E-state index < -0.39 is 5.82 Å². The molecule has 0 bridgehead atoms. The van der Waals surface area contributed by atoms with Crippen LogP contribution in [0.25, 0.3) is 5.78 Å². The van der Waals surface area contributed by atoms with Crippen molar-refractivity contribution in [3.63, 3.8) is 0 Å². The normalized spacial score (nSPS) is 14.8. The van der Waals surface area contributed by atoms with Crippen molar-refractivity contribution in [2.75, 3.05) is 31.1 Å². The average molecular weight is 409 g/mol. The quantitative estimate of drug-likeness (QED) is 0.609. The van der Waals surface area contributed by atoms with Crippen molar-refractivity contribution >= 4 is 40.7 Å². The monoisotopic (exact) mass is 408 g/mol. The summed E-state index contributed by atoms with van der Waals surface area (Å²) in [6, 6.07) is 4.28. The third-order valence-electron chi connectivity index (χ3n) is 4.49. The Kier molecular flexibility index (Phi) is 4.61. The van der Waals surface area contributed by atoms with Gasteiger partial charge in [0.25, 0.3) is 11.7 Å². The minimum atomic E-state index is -0.663. The Hall–Kier alpha value is -2.45. The Morgan fingerprint density at radius 2 is 1.85 bits per heavy atom. The van der Waals surface area contributed by atoms with Gasteiger partial charge in [-0.3, -0.25) is 4.79 Å². The average Bonchev–Trinajstić information content (AvgIpc) is 3.12. The van der Waals surface area contributed by atoms with Gasteiger partial charge in [-0.05, 0) is 19.1 Å². The lowest BCUT2D eigenvalue weighted by Gasteiger charge is -2.36. The predicted octanol–water partition coefficient (Wildman–Crippen LogP) is 2.84. The van der Waals surface area contributed by atoms with Gasteiger partial charge in [-0.2, -0.15) is 14.6 Å². The zero-order valence-electron chi connectivity index (χ0n) is 14.4. The van der Waals surface area contributed by atoms with Gasteiger partial charge in [-0.15, -0.1) is 0 Å². The molecule has 0 N–H and O–H groups in total. The summed E-state index contributed by atoms with van der Waals surface area (Å²) in [7, 11) is 0. The van der Waals surface area contributed by atoms with Gasteiger partial charge in [0.05, 0.1) is 15.6 Å². The van der Waals surface area contributed by atoms with Gasteiger partial charge < -0.3 is 9.80 Å². The van der Waals surface area contributed by atoms with E-state index in [9.17, 15) is 9.18 Å². The number of piperazine rings is 1. The largest absolute Gasteiger partial charge is 0.353 e. The van der Waals surface area contributed by atoms with Crippen molar-refractivity contribution in [3.8, 4) is 0 Å². The molecule has 1 aliphatic rings. The van der Waals surface area contributed by atoms with Crippen molar-refractivity contribution < 1.29 is 9.18 Å². The Balaban J connectivity index is 1.53. The third kappa shape index (κ3) is 3.30. The molecule has 0 atom stereocenters. The third-order valence-corrected chi connectivity index (χ3v) is 5.09. The number of hydrogen-bond acceptors (Lipinski definition) is 5. The van der Waals surface area contributed by atoms with Gasteiger partial charge in [0.15, 0.2) is 0 Å². The van der Waals surface area contributed by atoms with Crippen molar-refractivity contribution in [3.05, 3.63) is 51.6 Å². The molecule has 10 heteroatoms. The molecule has 0 aliphatic carbocycles. The van der Waals surface area contributed by atoms with E-state index in [-0.39, 0.29) is 21.5 Å². The molecule has 140 valence electrons. The van der Waals surface area contributed by atoms with Gasteiger partial charge in [-0.25, -0.2) is 9.37 Å². The van der Waals surface area contributed by atoms with Gasteiger partial charge in [0.2, 0.25) is 0 Å². The number of carbonyl (C=O) groups excluding carboxylic acids is 1. The number of aryl methyl sites for hydroxylation is 1. The van der Waals surface area contributed by atoms with Gasteiger partial charge >= 0.3 is 0 Å². The summed E-state index contributed by atoms with van der Waals surface area (Å²) in [6.45, 7) is 4.03. The predicted molar refractivity (Wildman–Crippen MR) is 100 cm³/mol. The lowest BCUT2D eigenvalue weighted by atomic mass is 10.1. The Labute approximate surface area is 164 Å². The zero-order valence-corrected chi connectivity index (χ0v) is 15.9. The molecule has 0 radical (unpaired) electrons. The summed E-state index contributed by atoms with van der Waals surface area (Å²) in [5.41, 5.74) is 0.956. The molecular formula is C17H15Cl2FN6O. The molecule has 4 rings (SSSR count). The van der Waals surface area contributed by atoms with E-state index in [4.69, 9.17) is 23.2 Å². The van der Waals surface area contributed by atoms with Crippen LogP contribution < -0.4 is 4.90 Å². The molecule has 1 aromatic carbocycles. The van der Waals surface area contributed by atoms with E-state index in [2.05, 4.69) is 20.0 Å². The Morgan fingerprint density at radius 1 is 1.11 bits per heavy atom. The summed E-state index contributed by atoms with van der Waals surface area (Å²) in [6.07, 6.45) is 1.46. The number of anilines is 1. The highest BCUT2D eigenvalue weighted by Crippen LogP contribution is 2.26. The number of fused-ring (bicyclic) bond motifs is 1. The molecule has 2 aromatic heterocycles. The Morgan fingerprint density at radius 3 is 2.59 bits per heavy atom. The topological polar surface area (TPSA) is 66.6 Å². The van der Waals surface area contributed by atoms with Gasteiger partial charge in [-0.1, -0.05) is 23.2 Å². The smallest absolute Gasteiger partial charge is 0.255 e. The minimum absolute atomic E-state index is 0.105. The lowest BCUT2D eigenvalue weighted by molar-refractivity contribution is 0.0746. The second-order valence-corrected chi connectivity index (χ2v) is 7.07. The number of carbonyl (C=O) groups is 1. The second kappa shape index (κ2) is 6.94. The van der Waals surface area contributed by atoms with Crippen LogP contribution in [0.2, 0.25) is 10.0 Å². The first-order valence-electron chi connectivity index (χ1n) is 8.30. The summed E-state index contributed by atoms with van der Waals surface area (Å²) in [5.74, 6) is 0.431. The number of rotatable bonds is 2. The van der Waals surface area contributed by atoms with E-state index in [1.165, 1.54) is 12.4 Å². The molecule has 1 saturated heterocycles. The van der Waals surface area contributed by atoms with Crippen molar-refractivity contribution in [1.82, 2.24) is 24.5 Å². The van der Waals surface area contributed by atoms with Crippen LogP contribution in [0.1, 0.15) is 16.1 Å². The first-order chi connectivity index (χ1) is 12.9. The van der Waals surface area contributed by atoms with Crippen LogP contribution in [0, 0.1) is 12.7 Å². The van der Waals surface area contributed by atoms with Gasteiger partial charge in [0.1, 0.15) is 18.0 Å². The molecule has 3 aromatic rings. The molecule has 7 nitrogen and oxygen atoms in total. The zero-order chi connectivity index (χ0) is 19.1. The fourth-order valence-electron chi connectivity index (χ4n) is 3.13. The Bertz CT molecular complexity index is 1030. The number of aromatic nitrogens is 4. The molecule has 3 heterocycles. The molecule has 1 fully saturated rings. The molecule has 0 saturated carbocycles. The van der Waals surface area contributed by atoms with E-state index >= 15 is 0 Å². The summed E-state index contributed by atoms with van der Waals surface area (Å²) in [4.78, 5) is 25.0. The van der Waals surface area contributed by atoms with E-state index in [0.717, 1.165) is 17.6 Å². The summed E-state index contributed by atoms with van der Waals surface area (Å²) in [5, 5.41) is 4.25. The number of halogens is 3. The van der Waals surface area contributed by atoms with Crippen molar-refractivity contribution in [2.45, 2.75) is 6.92 Å². The SMILES string of the molecule is Cc1cc(N2CCN(C(=O)c3cc(F)c(Cl)cc3Cl)CC2)n2ncnc2n1. The maximum absolute atomic E-state index is 13.7. The molecule has 1 aliphatic heterocycles. The van der Waals surface area contributed by atoms with E-state index in [1.807, 2.05) is 13.0 Å². The minimum Gasteiger partial charge on any atom is -0.353 e. The van der Waals surface area contributed by atoms with Crippen LogP contribution in [0.4, 0.5) is 10.2 Å². The standard InChI is InChI=1S/C17H15Cl2FN6O/c1-10-6-15(26-17(23-10)21-9-22-26)24-2-4-25(5-3-24)16(27)11-7-14(20)13(19)8-12(11)18/h6-9H,2-5H2,1H3. The second-order valence-electron chi connectivity index (χ2n) is 6.25. The highest BCUT2D eigenvalue weighted by atomic mass is 35.5. The molecule has 0 spiro atoms. The van der Waals surface area contributed by atoms with Crippen LogP contribution in [0.15, 0.2) is 24.5 Å². The number of benzene rings is 1. The van der Waals surface area contributed by atoms with Crippen molar-refractivity contribution in [2.24, 2.45) is 0 Å². The summed E-state index contributed by atoms with van der Waals surface area (Å²) >= 11 is 11.8.